The zero-order valence-corrected chi connectivity index (χ0v) is 12.1. The van der Waals surface area contributed by atoms with Crippen LogP contribution in [0.5, 0.6) is 0 Å². The number of hydrogen-bond acceptors (Lipinski definition) is 4. The van der Waals surface area contributed by atoms with Crippen LogP contribution in [0.25, 0.3) is 11.0 Å². The fraction of sp³-hybridized carbons (Fsp3) is 0.500. The lowest BCUT2D eigenvalue weighted by Gasteiger charge is -2.17. The van der Waals surface area contributed by atoms with Gasteiger partial charge < -0.3 is 20.6 Å². The molecule has 0 aliphatic carbocycles. The number of furan rings is 1. The second kappa shape index (κ2) is 7.43. The van der Waals surface area contributed by atoms with E-state index in [0.717, 1.165) is 42.5 Å². The molecule has 20 heavy (non-hydrogen) atoms. The molecule has 0 aliphatic rings. The van der Waals surface area contributed by atoms with Crippen molar-refractivity contribution in [2.75, 3.05) is 19.7 Å². The van der Waals surface area contributed by atoms with Gasteiger partial charge in [-0.3, -0.25) is 0 Å². The number of fused-ring (bicyclic) bond motifs is 1. The fourth-order valence-corrected chi connectivity index (χ4v) is 2.61. The van der Waals surface area contributed by atoms with Crippen molar-refractivity contribution in [3.63, 3.8) is 0 Å². The molecular formula is C16H24N2O2. The summed E-state index contributed by atoms with van der Waals surface area (Å²) in [6.45, 7) is 3.71. The van der Waals surface area contributed by atoms with Gasteiger partial charge in [-0.1, -0.05) is 18.2 Å². The number of aryl methyl sites for hydroxylation is 1. The van der Waals surface area contributed by atoms with Crippen molar-refractivity contribution in [2.45, 2.75) is 32.2 Å². The SMILES string of the molecule is Cc1oc2ccccc2c1C(CN)NCCCCCO. The molecule has 1 atom stereocenters. The van der Waals surface area contributed by atoms with Crippen LogP contribution in [0.4, 0.5) is 0 Å². The summed E-state index contributed by atoms with van der Waals surface area (Å²) >= 11 is 0. The van der Waals surface area contributed by atoms with E-state index in [1.807, 2.05) is 25.1 Å². The average Bonchev–Trinajstić information content (AvgIpc) is 2.79. The van der Waals surface area contributed by atoms with E-state index in [-0.39, 0.29) is 12.6 Å². The lowest BCUT2D eigenvalue weighted by Crippen LogP contribution is -2.29. The Morgan fingerprint density at radius 3 is 2.80 bits per heavy atom. The summed E-state index contributed by atoms with van der Waals surface area (Å²) in [6.07, 6.45) is 2.94. The maximum Gasteiger partial charge on any atom is 0.134 e. The molecule has 0 fully saturated rings. The number of rotatable bonds is 8. The number of aliphatic hydroxyl groups excluding tert-OH is 1. The summed E-state index contributed by atoms with van der Waals surface area (Å²) in [7, 11) is 0. The van der Waals surface area contributed by atoms with Crippen molar-refractivity contribution in [3.05, 3.63) is 35.6 Å². The Morgan fingerprint density at radius 2 is 2.05 bits per heavy atom. The minimum Gasteiger partial charge on any atom is -0.461 e. The normalized spacial score (nSPS) is 12.9. The van der Waals surface area contributed by atoms with E-state index in [1.165, 1.54) is 5.56 Å². The fourth-order valence-electron chi connectivity index (χ4n) is 2.61. The highest BCUT2D eigenvalue weighted by atomic mass is 16.3. The molecule has 4 nitrogen and oxygen atoms in total. The number of nitrogens with two attached hydrogens (primary N) is 1. The van der Waals surface area contributed by atoms with Crippen LogP contribution in [0.3, 0.4) is 0 Å². The molecule has 0 radical (unpaired) electrons. The van der Waals surface area contributed by atoms with Gasteiger partial charge in [-0.05, 0) is 38.8 Å². The molecule has 4 N–H and O–H groups in total. The van der Waals surface area contributed by atoms with Crippen LogP contribution < -0.4 is 11.1 Å². The first kappa shape index (κ1) is 15.0. The second-order valence-corrected chi connectivity index (χ2v) is 5.09. The highest BCUT2D eigenvalue weighted by molar-refractivity contribution is 5.82. The Kier molecular flexibility index (Phi) is 5.59. The minimum absolute atomic E-state index is 0.118. The predicted molar refractivity (Wildman–Crippen MR) is 81.7 cm³/mol. The smallest absolute Gasteiger partial charge is 0.134 e. The van der Waals surface area contributed by atoms with Gasteiger partial charge in [0.15, 0.2) is 0 Å². The number of nitrogens with one attached hydrogen (secondary N) is 1. The predicted octanol–water partition coefficient (Wildman–Crippen LogP) is 2.49. The van der Waals surface area contributed by atoms with E-state index in [0.29, 0.717) is 6.54 Å². The first-order valence-electron chi connectivity index (χ1n) is 7.30. The van der Waals surface area contributed by atoms with E-state index in [9.17, 15) is 0 Å². The molecule has 0 saturated carbocycles. The molecule has 4 heteroatoms. The highest BCUT2D eigenvalue weighted by Gasteiger charge is 2.18. The largest absolute Gasteiger partial charge is 0.461 e. The van der Waals surface area contributed by atoms with E-state index in [2.05, 4.69) is 11.4 Å². The van der Waals surface area contributed by atoms with Crippen LogP contribution >= 0.6 is 0 Å². The number of benzene rings is 1. The van der Waals surface area contributed by atoms with Crippen LogP contribution in [-0.4, -0.2) is 24.8 Å². The van der Waals surface area contributed by atoms with Gasteiger partial charge >= 0.3 is 0 Å². The van der Waals surface area contributed by atoms with Crippen molar-refractivity contribution in [1.29, 1.82) is 0 Å². The summed E-state index contributed by atoms with van der Waals surface area (Å²) in [5.41, 5.74) is 8.01. The number of unbranched alkanes of at least 4 members (excludes halogenated alkanes) is 2. The maximum atomic E-state index is 8.77. The monoisotopic (exact) mass is 276 g/mol. The number of hydrogen-bond donors (Lipinski definition) is 3. The zero-order valence-electron chi connectivity index (χ0n) is 12.1. The first-order valence-corrected chi connectivity index (χ1v) is 7.30. The molecular weight excluding hydrogens is 252 g/mol. The van der Waals surface area contributed by atoms with E-state index >= 15 is 0 Å². The van der Waals surface area contributed by atoms with Gasteiger partial charge in [-0.25, -0.2) is 0 Å². The molecule has 0 aliphatic heterocycles. The maximum absolute atomic E-state index is 8.77. The van der Waals surface area contributed by atoms with Crippen molar-refractivity contribution in [3.8, 4) is 0 Å². The lowest BCUT2D eigenvalue weighted by molar-refractivity contribution is 0.282. The van der Waals surface area contributed by atoms with Crippen molar-refractivity contribution < 1.29 is 9.52 Å². The van der Waals surface area contributed by atoms with Crippen molar-refractivity contribution in [2.24, 2.45) is 5.73 Å². The van der Waals surface area contributed by atoms with E-state index < -0.39 is 0 Å². The number of para-hydroxylation sites is 1. The highest BCUT2D eigenvalue weighted by Crippen LogP contribution is 2.29. The third-order valence-corrected chi connectivity index (χ3v) is 3.63. The molecule has 0 amide bonds. The molecule has 0 saturated heterocycles. The molecule has 110 valence electrons. The molecule has 1 unspecified atom stereocenters. The van der Waals surface area contributed by atoms with Gasteiger partial charge in [0, 0.05) is 30.1 Å². The van der Waals surface area contributed by atoms with Crippen LogP contribution in [0.15, 0.2) is 28.7 Å². The zero-order chi connectivity index (χ0) is 14.4. The van der Waals surface area contributed by atoms with Gasteiger partial charge in [0.05, 0.1) is 0 Å². The minimum atomic E-state index is 0.118. The summed E-state index contributed by atoms with van der Waals surface area (Å²) in [4.78, 5) is 0. The van der Waals surface area contributed by atoms with Crippen LogP contribution in [0, 0.1) is 6.92 Å². The lowest BCUT2D eigenvalue weighted by atomic mass is 10.0. The summed E-state index contributed by atoms with van der Waals surface area (Å²) in [6, 6.07) is 8.19. The van der Waals surface area contributed by atoms with Crippen LogP contribution in [0.2, 0.25) is 0 Å². The van der Waals surface area contributed by atoms with Crippen molar-refractivity contribution in [1.82, 2.24) is 5.32 Å². The topological polar surface area (TPSA) is 71.4 Å². The van der Waals surface area contributed by atoms with Gasteiger partial charge in [0.2, 0.25) is 0 Å². The Labute approximate surface area is 120 Å². The first-order chi connectivity index (χ1) is 9.77. The van der Waals surface area contributed by atoms with E-state index in [4.69, 9.17) is 15.3 Å². The molecule has 2 aromatic rings. The summed E-state index contributed by atoms with van der Waals surface area (Å²) in [5.74, 6) is 0.935. The van der Waals surface area contributed by atoms with Crippen LogP contribution in [0.1, 0.15) is 36.6 Å². The Balaban J connectivity index is 2.07. The average molecular weight is 276 g/mol. The van der Waals surface area contributed by atoms with Gasteiger partial charge in [0.25, 0.3) is 0 Å². The molecule has 1 aromatic heterocycles. The molecule has 0 spiro atoms. The van der Waals surface area contributed by atoms with Gasteiger partial charge in [0.1, 0.15) is 11.3 Å². The second-order valence-electron chi connectivity index (χ2n) is 5.09. The standard InChI is InChI=1S/C16H24N2O2/c1-12-16(13-7-3-4-8-15(13)20-12)14(11-17)18-9-5-2-6-10-19/h3-4,7-8,14,18-19H,2,5-6,9-11,17H2,1H3. The van der Waals surface area contributed by atoms with Gasteiger partial charge in [-0.2, -0.15) is 0 Å². The van der Waals surface area contributed by atoms with Crippen molar-refractivity contribution >= 4 is 11.0 Å². The molecule has 2 rings (SSSR count). The summed E-state index contributed by atoms with van der Waals surface area (Å²) < 4.78 is 5.80. The Hall–Kier alpha value is -1.36. The Morgan fingerprint density at radius 1 is 1.25 bits per heavy atom. The number of aliphatic hydroxyl groups is 1. The molecule has 1 aromatic carbocycles. The van der Waals surface area contributed by atoms with Crippen LogP contribution in [-0.2, 0) is 0 Å². The Bertz CT molecular complexity index is 536. The van der Waals surface area contributed by atoms with E-state index in [1.54, 1.807) is 0 Å². The quantitative estimate of drug-likeness (QED) is 0.648. The summed E-state index contributed by atoms with van der Waals surface area (Å²) in [5, 5.41) is 13.4. The third kappa shape index (κ3) is 3.39. The third-order valence-electron chi connectivity index (χ3n) is 3.63. The molecule has 0 bridgehead atoms. The molecule has 1 heterocycles. The van der Waals surface area contributed by atoms with Gasteiger partial charge in [-0.15, -0.1) is 0 Å².